The molecule has 0 spiro atoms. The van der Waals surface area contributed by atoms with Crippen LogP contribution in [0, 0.1) is 5.82 Å². The van der Waals surface area contributed by atoms with Gasteiger partial charge in [0.1, 0.15) is 17.6 Å². The molecule has 1 aromatic heterocycles. The highest BCUT2D eigenvalue weighted by Gasteiger charge is 2.29. The van der Waals surface area contributed by atoms with Crippen LogP contribution in [0.5, 0.6) is 0 Å². The molecule has 0 saturated carbocycles. The lowest BCUT2D eigenvalue weighted by molar-refractivity contribution is -0.114. The second-order valence-electron chi connectivity index (χ2n) is 9.51. The van der Waals surface area contributed by atoms with Crippen molar-refractivity contribution in [3.63, 3.8) is 0 Å². The van der Waals surface area contributed by atoms with Gasteiger partial charge in [0.05, 0.1) is 34.5 Å². The Hall–Kier alpha value is -2.90. The van der Waals surface area contributed by atoms with Gasteiger partial charge >= 0.3 is 0 Å². The molecule has 0 bridgehead atoms. The maximum Gasteiger partial charge on any atom is 0.240 e. The monoisotopic (exact) mass is 562 g/mol. The maximum absolute atomic E-state index is 13.6. The Morgan fingerprint density at radius 3 is 2.71 bits per heavy atom. The summed E-state index contributed by atoms with van der Waals surface area (Å²) in [6, 6.07) is 10.4. The molecule has 38 heavy (non-hydrogen) atoms. The number of carbonyl (C=O) groups is 1. The normalized spacial score (nSPS) is 18.8. The van der Waals surface area contributed by atoms with Crippen molar-refractivity contribution in [2.75, 3.05) is 18.4 Å². The predicted octanol–water partition coefficient (Wildman–Crippen LogP) is 3.24. The molecule has 0 aliphatic carbocycles. The van der Waals surface area contributed by atoms with E-state index in [1.807, 2.05) is 10.7 Å². The zero-order valence-electron chi connectivity index (χ0n) is 20.7. The van der Waals surface area contributed by atoms with E-state index in [1.165, 1.54) is 37.3 Å². The van der Waals surface area contributed by atoms with E-state index in [0.717, 1.165) is 17.0 Å². The summed E-state index contributed by atoms with van der Waals surface area (Å²) in [5.74, 6) is -0.592. The zero-order valence-corrected chi connectivity index (χ0v) is 22.3. The van der Waals surface area contributed by atoms with Crippen molar-refractivity contribution in [2.45, 2.75) is 56.5 Å². The van der Waals surface area contributed by atoms with Crippen LogP contribution in [0.2, 0.25) is 5.02 Å². The second-order valence-corrected chi connectivity index (χ2v) is 11.6. The molecule has 1 unspecified atom stereocenters. The number of hydrogen-bond acceptors (Lipinski definition) is 7. The van der Waals surface area contributed by atoms with Gasteiger partial charge in [-0.3, -0.25) is 9.69 Å². The Balaban J connectivity index is 1.15. The number of fused-ring (bicyclic) bond motifs is 1. The minimum atomic E-state index is -3.77. The molecule has 5 rings (SSSR count). The summed E-state index contributed by atoms with van der Waals surface area (Å²) in [6.45, 7) is 4.12. The molecule has 2 aromatic carbocycles. The first kappa shape index (κ1) is 26.7. The van der Waals surface area contributed by atoms with Crippen molar-refractivity contribution >= 4 is 33.2 Å². The Labute approximate surface area is 225 Å². The Morgan fingerprint density at radius 1 is 1.21 bits per heavy atom. The zero-order chi connectivity index (χ0) is 26.9. The van der Waals surface area contributed by atoms with Crippen molar-refractivity contribution in [1.29, 1.82) is 0 Å². The van der Waals surface area contributed by atoms with Gasteiger partial charge in [-0.2, -0.15) is 0 Å². The topological polar surface area (TPSA) is 118 Å². The van der Waals surface area contributed by atoms with E-state index < -0.39 is 10.0 Å². The SMILES string of the molecule is CC(=O)Nc1ccc(S(=O)(=O)NC2CCN(Cc3nnn4c3COC(c3cccc(F)c3)C4)CC2)cc1Cl. The van der Waals surface area contributed by atoms with Gasteiger partial charge in [0.15, 0.2) is 0 Å². The molecule has 2 aliphatic heterocycles. The van der Waals surface area contributed by atoms with Crippen LogP contribution >= 0.6 is 11.6 Å². The number of sulfonamides is 1. The van der Waals surface area contributed by atoms with Gasteiger partial charge in [-0.15, -0.1) is 5.10 Å². The van der Waals surface area contributed by atoms with Gasteiger partial charge in [-0.1, -0.05) is 28.9 Å². The average molecular weight is 563 g/mol. The first-order valence-electron chi connectivity index (χ1n) is 12.3. The van der Waals surface area contributed by atoms with Crippen molar-refractivity contribution in [2.24, 2.45) is 0 Å². The van der Waals surface area contributed by atoms with Gasteiger partial charge in [0.2, 0.25) is 15.9 Å². The highest BCUT2D eigenvalue weighted by Crippen LogP contribution is 2.29. The first-order valence-corrected chi connectivity index (χ1v) is 14.1. The molecule has 3 heterocycles. The first-order chi connectivity index (χ1) is 18.2. The number of likely N-dealkylation sites (tertiary alicyclic amines) is 1. The number of nitrogens with one attached hydrogen (secondary N) is 2. The summed E-state index contributed by atoms with van der Waals surface area (Å²) in [6.07, 6.45) is 0.991. The molecular formula is C25H28ClFN6O4S. The minimum Gasteiger partial charge on any atom is -0.365 e. The fourth-order valence-electron chi connectivity index (χ4n) is 4.76. The molecule has 2 aliphatic rings. The highest BCUT2D eigenvalue weighted by molar-refractivity contribution is 7.89. The van der Waals surface area contributed by atoms with Gasteiger partial charge in [0.25, 0.3) is 0 Å². The molecule has 2 N–H and O–H groups in total. The smallest absolute Gasteiger partial charge is 0.240 e. The van der Waals surface area contributed by atoms with Gasteiger partial charge in [-0.25, -0.2) is 22.2 Å². The number of ether oxygens (including phenoxy) is 1. The van der Waals surface area contributed by atoms with Gasteiger partial charge < -0.3 is 10.1 Å². The lowest BCUT2D eigenvalue weighted by Crippen LogP contribution is -2.44. The fourth-order valence-corrected chi connectivity index (χ4v) is 6.38. The summed E-state index contributed by atoms with van der Waals surface area (Å²) in [4.78, 5) is 13.5. The molecule has 0 radical (unpaired) electrons. The molecule has 1 amide bonds. The molecule has 10 nitrogen and oxygen atoms in total. The van der Waals surface area contributed by atoms with Crippen molar-refractivity contribution < 1.29 is 22.3 Å². The third-order valence-electron chi connectivity index (χ3n) is 6.74. The number of amides is 1. The fraction of sp³-hybridized carbons (Fsp3) is 0.400. The number of carbonyl (C=O) groups excluding carboxylic acids is 1. The Morgan fingerprint density at radius 2 is 2.00 bits per heavy atom. The van der Waals surface area contributed by atoms with E-state index in [2.05, 4.69) is 25.3 Å². The number of nitrogens with zero attached hydrogens (tertiary/aromatic N) is 4. The maximum atomic E-state index is 13.6. The van der Waals surface area contributed by atoms with Crippen LogP contribution in [-0.4, -0.2) is 53.4 Å². The van der Waals surface area contributed by atoms with Crippen molar-refractivity contribution in [1.82, 2.24) is 24.6 Å². The third-order valence-corrected chi connectivity index (χ3v) is 8.57. The van der Waals surface area contributed by atoms with Crippen LogP contribution in [0.4, 0.5) is 10.1 Å². The number of benzene rings is 2. The average Bonchev–Trinajstić information content (AvgIpc) is 3.28. The van der Waals surface area contributed by atoms with E-state index >= 15 is 0 Å². The molecule has 1 saturated heterocycles. The van der Waals surface area contributed by atoms with E-state index in [0.29, 0.717) is 51.3 Å². The summed E-state index contributed by atoms with van der Waals surface area (Å²) >= 11 is 6.15. The van der Waals surface area contributed by atoms with E-state index in [4.69, 9.17) is 16.3 Å². The number of halogens is 2. The minimum absolute atomic E-state index is 0.0475. The van der Waals surface area contributed by atoms with Gasteiger partial charge in [-0.05, 0) is 48.7 Å². The summed E-state index contributed by atoms with van der Waals surface area (Å²) < 4.78 is 50.0. The van der Waals surface area contributed by atoms with Crippen LogP contribution in [0.3, 0.4) is 0 Å². The van der Waals surface area contributed by atoms with E-state index in [1.54, 1.807) is 6.07 Å². The quantitative estimate of drug-likeness (QED) is 0.454. The lowest BCUT2D eigenvalue weighted by Gasteiger charge is -2.32. The largest absolute Gasteiger partial charge is 0.365 e. The summed E-state index contributed by atoms with van der Waals surface area (Å²) in [5.41, 5.74) is 2.86. The molecule has 3 aromatic rings. The van der Waals surface area contributed by atoms with Crippen LogP contribution in [0.1, 0.15) is 42.8 Å². The van der Waals surface area contributed by atoms with Crippen LogP contribution < -0.4 is 10.0 Å². The van der Waals surface area contributed by atoms with Crippen LogP contribution in [-0.2, 0) is 39.3 Å². The highest BCUT2D eigenvalue weighted by atomic mass is 35.5. The third kappa shape index (κ3) is 6.05. The van der Waals surface area contributed by atoms with Gasteiger partial charge in [0, 0.05) is 32.6 Å². The van der Waals surface area contributed by atoms with Crippen LogP contribution in [0.25, 0.3) is 0 Å². The number of aromatic nitrogens is 3. The molecule has 1 atom stereocenters. The standard InChI is InChI=1S/C25H28ClFN6O4S/c1-16(34)28-22-6-5-20(12-21(22)26)38(35,36)30-19-7-9-32(10-8-19)13-23-24-15-37-25(14-33(24)31-29-23)17-3-2-4-18(27)11-17/h2-6,11-12,19,25,30H,7-10,13-15H2,1H3,(H,28,34). The Bertz CT molecular complexity index is 1440. The number of hydrogen-bond donors (Lipinski definition) is 2. The van der Waals surface area contributed by atoms with Crippen LogP contribution in [0.15, 0.2) is 47.4 Å². The summed E-state index contributed by atoms with van der Waals surface area (Å²) in [5, 5.41) is 11.4. The molecular weight excluding hydrogens is 535 g/mol. The molecule has 13 heteroatoms. The Kier molecular flexibility index (Phi) is 7.78. The van der Waals surface area contributed by atoms with E-state index in [-0.39, 0.29) is 33.8 Å². The molecule has 202 valence electrons. The molecule has 1 fully saturated rings. The number of piperidine rings is 1. The second kappa shape index (κ2) is 11.1. The number of anilines is 1. The van der Waals surface area contributed by atoms with E-state index in [9.17, 15) is 17.6 Å². The number of rotatable bonds is 7. The lowest BCUT2D eigenvalue weighted by atomic mass is 10.1. The predicted molar refractivity (Wildman–Crippen MR) is 138 cm³/mol. The summed E-state index contributed by atoms with van der Waals surface area (Å²) in [7, 11) is -3.77. The van der Waals surface area contributed by atoms with Crippen molar-refractivity contribution in [3.05, 3.63) is 70.3 Å². The van der Waals surface area contributed by atoms with Crippen molar-refractivity contribution in [3.8, 4) is 0 Å².